The van der Waals surface area contributed by atoms with Crippen molar-refractivity contribution >= 4 is 33.3 Å². The fraction of sp³-hybridized carbons (Fsp3) is 0.404. The number of carboxylic acid groups (broad SMARTS) is 1. The molecule has 0 aliphatic carbocycles. The monoisotopic (exact) mass is 800 g/mol. The van der Waals surface area contributed by atoms with E-state index in [0.29, 0.717) is 58.1 Å². The second-order valence-corrected chi connectivity index (χ2v) is 15.8. The molecule has 6 aromatic rings. The number of ether oxygens (including phenoxy) is 3. The van der Waals surface area contributed by atoms with Gasteiger partial charge in [-0.3, -0.25) is 14.4 Å². The molecule has 59 heavy (non-hydrogen) atoms. The number of aromatic nitrogens is 3. The molecule has 2 aliphatic heterocycles. The number of nitrogens with zero attached hydrogens (tertiary/aromatic N) is 6. The van der Waals surface area contributed by atoms with Crippen molar-refractivity contribution < 1.29 is 28.9 Å². The van der Waals surface area contributed by atoms with E-state index in [9.17, 15) is 9.90 Å². The molecule has 0 spiro atoms. The summed E-state index contributed by atoms with van der Waals surface area (Å²) in [5.41, 5.74) is 6.91. The van der Waals surface area contributed by atoms with Gasteiger partial charge in [-0.1, -0.05) is 54.6 Å². The third-order valence-corrected chi connectivity index (χ3v) is 11.5. The molecule has 0 saturated carbocycles. The summed E-state index contributed by atoms with van der Waals surface area (Å²) < 4.78 is 22.3. The highest BCUT2D eigenvalue weighted by Crippen LogP contribution is 2.39. The predicted octanol–water partition coefficient (Wildman–Crippen LogP) is 7.59. The van der Waals surface area contributed by atoms with Gasteiger partial charge in [-0.2, -0.15) is 10.2 Å². The highest BCUT2D eigenvalue weighted by atomic mass is 16.7. The van der Waals surface area contributed by atoms with Crippen LogP contribution in [-0.4, -0.2) is 107 Å². The number of aromatic carboxylic acids is 1. The quantitative estimate of drug-likeness (QED) is 0.0985. The molecule has 4 aromatic carbocycles. The van der Waals surface area contributed by atoms with E-state index in [2.05, 4.69) is 71.2 Å². The Morgan fingerprint density at radius 2 is 1.58 bits per heavy atom. The van der Waals surface area contributed by atoms with Crippen LogP contribution in [0.15, 0.2) is 84.9 Å². The van der Waals surface area contributed by atoms with Crippen LogP contribution in [0.1, 0.15) is 47.7 Å². The van der Waals surface area contributed by atoms with Crippen molar-refractivity contribution in [2.45, 2.75) is 52.9 Å². The van der Waals surface area contributed by atoms with Gasteiger partial charge in [0, 0.05) is 87.0 Å². The number of piperazine rings is 1. The summed E-state index contributed by atoms with van der Waals surface area (Å²) in [6.45, 7) is 14.6. The first-order valence-corrected chi connectivity index (χ1v) is 21.0. The minimum atomic E-state index is -0.931. The van der Waals surface area contributed by atoms with E-state index < -0.39 is 5.97 Å². The Bertz CT molecular complexity index is 2370. The van der Waals surface area contributed by atoms with Crippen molar-refractivity contribution in [2.75, 3.05) is 70.5 Å². The maximum absolute atomic E-state index is 13.4. The fourth-order valence-corrected chi connectivity index (χ4v) is 8.70. The molecule has 2 aromatic heterocycles. The smallest absolute Gasteiger partial charge is 0.352 e. The van der Waals surface area contributed by atoms with Crippen LogP contribution in [-0.2, 0) is 36.2 Å². The molecular formula is C47H56N6O6. The average Bonchev–Trinajstić information content (AvgIpc) is 3.73. The summed E-state index contributed by atoms with van der Waals surface area (Å²) in [5.74, 6) is 0.675. The molecule has 1 N–H and O–H groups in total. The van der Waals surface area contributed by atoms with Crippen molar-refractivity contribution in [1.29, 1.82) is 0 Å². The lowest BCUT2D eigenvalue weighted by molar-refractivity contribution is -0.189. The van der Waals surface area contributed by atoms with Gasteiger partial charge in [0.25, 0.3) is 0 Å². The van der Waals surface area contributed by atoms with Gasteiger partial charge >= 0.3 is 5.97 Å². The van der Waals surface area contributed by atoms with E-state index in [-0.39, 0.29) is 6.10 Å². The number of fused-ring (bicyclic) bond motifs is 2. The summed E-state index contributed by atoms with van der Waals surface area (Å²) >= 11 is 0. The zero-order valence-corrected chi connectivity index (χ0v) is 34.7. The highest BCUT2D eigenvalue weighted by Gasteiger charge is 2.28. The zero-order chi connectivity index (χ0) is 40.9. The number of rotatable bonds is 16. The van der Waals surface area contributed by atoms with Crippen LogP contribution in [0.2, 0.25) is 0 Å². The Morgan fingerprint density at radius 1 is 0.847 bits per heavy atom. The van der Waals surface area contributed by atoms with Crippen molar-refractivity contribution in [2.24, 2.45) is 7.05 Å². The standard InChI is InChI=1S/C47H56N6O6/c1-33(2)59-52-24-22-51(23-25-52)36-17-19-37(20-18-36)58-32-42-44(34(3)48-49(42)4)41-14-8-13-39-40(15-9-29-57-43-16-7-11-35-10-5-6-12-38(35)43)46(47(54)55)53(45(39)41)26-21-50-27-30-56-31-28-50/h5-8,10-14,16-20,33H,9,15,21-32H2,1-4H3,(H,54,55). The van der Waals surface area contributed by atoms with Gasteiger partial charge in [0.1, 0.15) is 23.8 Å². The van der Waals surface area contributed by atoms with Gasteiger partial charge in [0.2, 0.25) is 0 Å². The lowest BCUT2D eigenvalue weighted by Gasteiger charge is -2.36. The molecule has 4 heterocycles. The molecule has 12 nitrogen and oxygen atoms in total. The number of aryl methyl sites for hydroxylation is 3. The molecule has 0 unspecified atom stereocenters. The number of hydrogen-bond acceptors (Lipinski definition) is 9. The molecule has 0 amide bonds. The lowest BCUT2D eigenvalue weighted by atomic mass is 9.98. The molecule has 12 heteroatoms. The summed E-state index contributed by atoms with van der Waals surface area (Å²) in [6.07, 6.45) is 1.39. The normalized spacial score (nSPS) is 15.4. The second kappa shape index (κ2) is 18.3. The number of benzene rings is 4. The molecule has 2 aliphatic rings. The largest absolute Gasteiger partial charge is 0.493 e. The first-order chi connectivity index (χ1) is 28.7. The Morgan fingerprint density at radius 3 is 2.34 bits per heavy atom. The Balaban J connectivity index is 1.07. The van der Waals surface area contributed by atoms with Crippen LogP contribution in [0.25, 0.3) is 32.8 Å². The average molecular weight is 801 g/mol. The molecule has 8 rings (SSSR count). The summed E-state index contributed by atoms with van der Waals surface area (Å²) in [4.78, 5) is 24.0. The van der Waals surface area contributed by atoms with Crippen LogP contribution in [0.4, 0.5) is 5.69 Å². The third-order valence-electron chi connectivity index (χ3n) is 11.5. The van der Waals surface area contributed by atoms with E-state index in [0.717, 1.165) is 106 Å². The number of para-hydroxylation sites is 1. The number of hydroxylamine groups is 2. The van der Waals surface area contributed by atoms with Gasteiger partial charge < -0.3 is 28.8 Å². The number of carbonyl (C=O) groups is 1. The first-order valence-electron chi connectivity index (χ1n) is 21.0. The third kappa shape index (κ3) is 8.96. The van der Waals surface area contributed by atoms with Crippen molar-refractivity contribution in [3.8, 4) is 22.6 Å². The maximum atomic E-state index is 13.4. The van der Waals surface area contributed by atoms with E-state index in [4.69, 9.17) is 24.1 Å². The van der Waals surface area contributed by atoms with Crippen molar-refractivity contribution in [1.82, 2.24) is 24.3 Å². The van der Waals surface area contributed by atoms with Gasteiger partial charge in [-0.05, 0) is 74.9 Å². The Hall–Kier alpha value is -5.40. The van der Waals surface area contributed by atoms with Gasteiger partial charge in [-0.15, -0.1) is 0 Å². The summed E-state index contributed by atoms with van der Waals surface area (Å²) in [7, 11) is 1.95. The SMILES string of the molecule is Cc1nn(C)c(COc2ccc(N3CCN(OC(C)C)CC3)cc2)c1-c1cccc2c(CCCOc3cccc4ccccc34)c(C(=O)O)n(CCN3CCOCC3)c12. The highest BCUT2D eigenvalue weighted by molar-refractivity contribution is 6.04. The molecule has 310 valence electrons. The van der Waals surface area contributed by atoms with E-state index in [1.165, 1.54) is 0 Å². The minimum absolute atomic E-state index is 0.179. The number of anilines is 1. The fourth-order valence-electron chi connectivity index (χ4n) is 8.70. The predicted molar refractivity (Wildman–Crippen MR) is 232 cm³/mol. The van der Waals surface area contributed by atoms with Crippen LogP contribution >= 0.6 is 0 Å². The van der Waals surface area contributed by atoms with Crippen LogP contribution in [0, 0.1) is 6.92 Å². The molecule has 0 atom stereocenters. The van der Waals surface area contributed by atoms with E-state index in [1.807, 2.05) is 65.7 Å². The maximum Gasteiger partial charge on any atom is 0.352 e. The minimum Gasteiger partial charge on any atom is -0.493 e. The topological polar surface area (TPSA) is 107 Å². The van der Waals surface area contributed by atoms with Crippen LogP contribution in [0.5, 0.6) is 11.5 Å². The van der Waals surface area contributed by atoms with Crippen molar-refractivity contribution in [3.05, 3.63) is 108 Å². The Labute approximate surface area is 346 Å². The Kier molecular flexibility index (Phi) is 12.5. The number of hydrogen-bond donors (Lipinski definition) is 1. The molecule has 0 radical (unpaired) electrons. The molecule has 0 bridgehead atoms. The molecule has 2 saturated heterocycles. The van der Waals surface area contributed by atoms with Crippen molar-refractivity contribution in [3.63, 3.8) is 0 Å². The van der Waals surface area contributed by atoms with E-state index in [1.54, 1.807) is 0 Å². The lowest BCUT2D eigenvalue weighted by Crippen LogP contribution is -2.47. The first kappa shape index (κ1) is 40.4. The van der Waals surface area contributed by atoms with Gasteiger partial charge in [0.05, 0.1) is 42.8 Å². The number of morpholine rings is 1. The summed E-state index contributed by atoms with van der Waals surface area (Å²) in [5, 5.41) is 21.0. The van der Waals surface area contributed by atoms with Crippen LogP contribution < -0.4 is 14.4 Å². The summed E-state index contributed by atoms with van der Waals surface area (Å²) in [6, 6.07) is 28.8. The van der Waals surface area contributed by atoms with Gasteiger partial charge in [-0.25, -0.2) is 4.79 Å². The van der Waals surface area contributed by atoms with E-state index >= 15 is 0 Å². The number of carboxylic acids is 1. The zero-order valence-electron chi connectivity index (χ0n) is 34.7. The second-order valence-electron chi connectivity index (χ2n) is 15.8. The molecular weight excluding hydrogens is 745 g/mol. The van der Waals surface area contributed by atoms with Gasteiger partial charge in [0.15, 0.2) is 0 Å². The molecule has 2 fully saturated rings. The van der Waals surface area contributed by atoms with Crippen LogP contribution in [0.3, 0.4) is 0 Å².